The number of hydrogen-bond donors (Lipinski definition) is 2. The second-order valence-electron chi connectivity index (χ2n) is 4.18. The maximum Gasteiger partial charge on any atom is 0.267 e. The fourth-order valence-corrected chi connectivity index (χ4v) is 2.13. The Morgan fingerprint density at radius 2 is 2.29 bits per heavy atom. The molecule has 0 atom stereocenters. The summed E-state index contributed by atoms with van der Waals surface area (Å²) in [6.07, 6.45) is 2.76. The van der Waals surface area contributed by atoms with E-state index in [1.54, 1.807) is 18.2 Å². The van der Waals surface area contributed by atoms with Crippen molar-refractivity contribution in [3.63, 3.8) is 0 Å². The minimum Gasteiger partial charge on any atom is -0.497 e. The van der Waals surface area contributed by atoms with Crippen molar-refractivity contribution in [1.82, 2.24) is 9.55 Å². The molecule has 2 rings (SSSR count). The first kappa shape index (κ1) is 15.3. The van der Waals surface area contributed by atoms with Crippen molar-refractivity contribution in [3.05, 3.63) is 44.6 Å². The average Bonchev–Trinajstić information content (AvgIpc) is 2.46. The number of nitrogens with zero attached hydrogens (tertiary/aromatic N) is 2. The molecule has 7 nitrogen and oxygen atoms in total. The van der Waals surface area contributed by atoms with Crippen LogP contribution in [0.1, 0.15) is 0 Å². The number of ether oxygens (including phenoxy) is 1. The monoisotopic (exact) mass is 400 g/mol. The predicted molar refractivity (Wildman–Crippen MR) is 87.3 cm³/mol. The molecule has 1 aromatic heterocycles. The first-order valence-corrected chi connectivity index (χ1v) is 7.02. The number of nitrogens with two attached hydrogens (primary N) is 1. The molecular formula is C13H13IN4O3. The molecular weight excluding hydrogens is 387 g/mol. The summed E-state index contributed by atoms with van der Waals surface area (Å²) in [5, 5.41) is 2.65. The molecule has 8 heteroatoms. The van der Waals surface area contributed by atoms with E-state index in [0.717, 1.165) is 0 Å². The van der Waals surface area contributed by atoms with Gasteiger partial charge in [-0.2, -0.15) is 0 Å². The van der Waals surface area contributed by atoms with Crippen LogP contribution in [0, 0.1) is 3.57 Å². The van der Waals surface area contributed by atoms with E-state index in [4.69, 9.17) is 10.5 Å². The zero-order chi connectivity index (χ0) is 15.4. The second kappa shape index (κ2) is 6.57. The van der Waals surface area contributed by atoms with Crippen LogP contribution in [-0.4, -0.2) is 22.6 Å². The normalized spacial score (nSPS) is 10.2. The van der Waals surface area contributed by atoms with Crippen molar-refractivity contribution in [2.45, 2.75) is 6.54 Å². The van der Waals surface area contributed by atoms with E-state index in [9.17, 15) is 9.59 Å². The molecule has 0 spiro atoms. The smallest absolute Gasteiger partial charge is 0.267 e. The Labute approximate surface area is 134 Å². The lowest BCUT2D eigenvalue weighted by atomic mass is 10.2. The van der Waals surface area contributed by atoms with Crippen LogP contribution in [0.3, 0.4) is 0 Å². The van der Waals surface area contributed by atoms with E-state index in [-0.39, 0.29) is 18.0 Å². The molecule has 0 aliphatic rings. The van der Waals surface area contributed by atoms with E-state index in [2.05, 4.69) is 10.3 Å². The first-order chi connectivity index (χ1) is 10.0. The number of amides is 1. The van der Waals surface area contributed by atoms with Gasteiger partial charge in [-0.25, -0.2) is 4.98 Å². The summed E-state index contributed by atoms with van der Waals surface area (Å²) in [6.45, 7) is -0.131. The number of rotatable bonds is 4. The van der Waals surface area contributed by atoms with Crippen LogP contribution >= 0.6 is 22.6 Å². The third-order valence-electron chi connectivity index (χ3n) is 2.71. The molecule has 0 saturated heterocycles. The number of aromatic nitrogens is 2. The fourth-order valence-electron chi connectivity index (χ4n) is 1.66. The van der Waals surface area contributed by atoms with Gasteiger partial charge in [0, 0.05) is 12.3 Å². The molecule has 21 heavy (non-hydrogen) atoms. The van der Waals surface area contributed by atoms with Crippen molar-refractivity contribution in [1.29, 1.82) is 0 Å². The summed E-state index contributed by atoms with van der Waals surface area (Å²) >= 11 is 1.87. The van der Waals surface area contributed by atoms with Gasteiger partial charge in [-0.1, -0.05) is 0 Å². The molecule has 2 aromatic rings. The maximum atomic E-state index is 12.0. The molecule has 1 aromatic carbocycles. The summed E-state index contributed by atoms with van der Waals surface area (Å²) in [5.41, 5.74) is 6.41. The average molecular weight is 400 g/mol. The number of nitrogens with one attached hydrogen (secondary N) is 1. The number of methoxy groups -OCH3 is 1. The van der Waals surface area contributed by atoms with Gasteiger partial charge in [0.25, 0.3) is 5.56 Å². The van der Waals surface area contributed by atoms with Crippen molar-refractivity contribution in [3.8, 4) is 5.75 Å². The molecule has 0 bridgehead atoms. The quantitative estimate of drug-likeness (QED) is 0.591. The molecule has 1 amide bonds. The van der Waals surface area contributed by atoms with E-state index in [0.29, 0.717) is 20.7 Å². The minimum atomic E-state index is -0.363. The number of carbonyl (C=O) groups is 1. The summed E-state index contributed by atoms with van der Waals surface area (Å²) in [5.74, 6) is 0.237. The van der Waals surface area contributed by atoms with Crippen LogP contribution < -0.4 is 21.3 Å². The van der Waals surface area contributed by atoms with Crippen molar-refractivity contribution in [2.75, 3.05) is 18.2 Å². The Balaban J connectivity index is 2.12. The molecule has 1 heterocycles. The van der Waals surface area contributed by atoms with Crippen LogP contribution in [0.5, 0.6) is 5.75 Å². The maximum absolute atomic E-state index is 12.0. The van der Waals surface area contributed by atoms with Gasteiger partial charge in [-0.3, -0.25) is 14.2 Å². The number of benzene rings is 1. The zero-order valence-corrected chi connectivity index (χ0v) is 13.3. The largest absolute Gasteiger partial charge is 0.497 e. The predicted octanol–water partition coefficient (Wildman–Crippen LogP) is 1.08. The highest BCUT2D eigenvalue weighted by Crippen LogP contribution is 2.23. The molecule has 3 N–H and O–H groups in total. The van der Waals surface area contributed by atoms with Crippen LogP contribution in [0.25, 0.3) is 0 Å². The van der Waals surface area contributed by atoms with Crippen molar-refractivity contribution >= 4 is 39.9 Å². The lowest BCUT2D eigenvalue weighted by molar-refractivity contribution is -0.116. The Hall–Kier alpha value is -2.10. The third kappa shape index (κ3) is 3.72. The van der Waals surface area contributed by atoms with Gasteiger partial charge in [-0.15, -0.1) is 0 Å². The van der Waals surface area contributed by atoms with Gasteiger partial charge in [0.05, 0.1) is 28.4 Å². The van der Waals surface area contributed by atoms with Crippen LogP contribution in [-0.2, 0) is 11.3 Å². The minimum absolute atomic E-state index is 0.131. The number of hydrogen-bond acceptors (Lipinski definition) is 5. The molecule has 0 saturated carbocycles. The lowest BCUT2D eigenvalue weighted by Crippen LogP contribution is -2.29. The van der Waals surface area contributed by atoms with E-state index in [1.165, 1.54) is 24.2 Å². The number of anilines is 2. The van der Waals surface area contributed by atoms with Crippen LogP contribution in [0.2, 0.25) is 0 Å². The Morgan fingerprint density at radius 3 is 2.95 bits per heavy atom. The van der Waals surface area contributed by atoms with Gasteiger partial charge in [0.15, 0.2) is 0 Å². The number of halogens is 1. The number of carbonyl (C=O) groups excluding carboxylic acids is 1. The standard InChI is InChI=1S/C13H13IN4O3/c1-21-8-2-3-11(10(15)4-8)17-12(19)6-18-7-16-5-9(14)13(18)20/h2-5,7H,6,15H2,1H3,(H,17,19). The Bertz CT molecular complexity index is 730. The van der Waals surface area contributed by atoms with Gasteiger partial charge < -0.3 is 15.8 Å². The van der Waals surface area contributed by atoms with Gasteiger partial charge >= 0.3 is 0 Å². The Kier molecular flexibility index (Phi) is 4.78. The van der Waals surface area contributed by atoms with Gasteiger partial charge in [-0.05, 0) is 34.7 Å². The Morgan fingerprint density at radius 1 is 1.52 bits per heavy atom. The molecule has 0 aliphatic carbocycles. The summed E-state index contributed by atoms with van der Waals surface area (Å²) in [4.78, 5) is 27.6. The van der Waals surface area contributed by atoms with E-state index < -0.39 is 0 Å². The summed E-state index contributed by atoms with van der Waals surface area (Å²) in [7, 11) is 1.53. The second-order valence-corrected chi connectivity index (χ2v) is 5.34. The van der Waals surface area contributed by atoms with Gasteiger partial charge in [0.1, 0.15) is 12.3 Å². The number of nitrogen functional groups attached to an aromatic ring is 1. The molecule has 0 fully saturated rings. The van der Waals surface area contributed by atoms with Crippen LogP contribution in [0.15, 0.2) is 35.5 Å². The first-order valence-electron chi connectivity index (χ1n) is 5.94. The van der Waals surface area contributed by atoms with Crippen molar-refractivity contribution < 1.29 is 9.53 Å². The zero-order valence-electron chi connectivity index (χ0n) is 11.2. The van der Waals surface area contributed by atoms with E-state index in [1.807, 2.05) is 22.6 Å². The summed E-state index contributed by atoms with van der Waals surface area (Å²) in [6, 6.07) is 4.93. The van der Waals surface area contributed by atoms with Crippen molar-refractivity contribution in [2.24, 2.45) is 0 Å². The third-order valence-corrected chi connectivity index (χ3v) is 3.45. The highest BCUT2D eigenvalue weighted by molar-refractivity contribution is 14.1. The SMILES string of the molecule is COc1ccc(NC(=O)Cn2cncc(I)c2=O)c(N)c1. The molecule has 0 aliphatic heterocycles. The summed E-state index contributed by atoms with van der Waals surface area (Å²) < 4.78 is 6.72. The molecule has 0 unspecified atom stereocenters. The molecule has 110 valence electrons. The van der Waals surface area contributed by atoms with Crippen LogP contribution in [0.4, 0.5) is 11.4 Å². The highest BCUT2D eigenvalue weighted by atomic mass is 127. The molecule has 0 radical (unpaired) electrons. The fraction of sp³-hybridized carbons (Fsp3) is 0.154. The lowest BCUT2D eigenvalue weighted by Gasteiger charge is -2.10. The highest BCUT2D eigenvalue weighted by Gasteiger charge is 2.09. The topological polar surface area (TPSA) is 99.2 Å². The van der Waals surface area contributed by atoms with Gasteiger partial charge in [0.2, 0.25) is 5.91 Å². The van der Waals surface area contributed by atoms with E-state index >= 15 is 0 Å².